The highest BCUT2D eigenvalue weighted by Gasteiger charge is 2.21. The Morgan fingerprint density at radius 3 is 1.54 bits per heavy atom. The Kier molecular flexibility index (Phi) is 7.85. The zero-order chi connectivity index (χ0) is 35.8. The van der Waals surface area contributed by atoms with Crippen molar-refractivity contribution in [3.05, 3.63) is 218 Å². The zero-order valence-corrected chi connectivity index (χ0v) is 29.7. The molecule has 10 aromatic rings. The van der Waals surface area contributed by atoms with Gasteiger partial charge in [-0.25, -0.2) is 0 Å². The molecule has 0 bridgehead atoms. The largest absolute Gasteiger partial charge is 0.310 e. The van der Waals surface area contributed by atoms with Gasteiger partial charge in [-0.05, 0) is 105 Å². The molecule has 1 aromatic heterocycles. The normalized spacial score (nSPS) is 11.3. The van der Waals surface area contributed by atoms with Crippen molar-refractivity contribution in [2.45, 2.75) is 0 Å². The van der Waals surface area contributed by atoms with Crippen LogP contribution in [0.3, 0.4) is 0 Å². The number of para-hydroxylation sites is 2. The van der Waals surface area contributed by atoms with Gasteiger partial charge in [-0.1, -0.05) is 158 Å². The second-order valence-electron chi connectivity index (χ2n) is 13.8. The third-order valence-corrected chi connectivity index (χ3v) is 10.5. The van der Waals surface area contributed by atoms with Crippen molar-refractivity contribution in [3.63, 3.8) is 0 Å². The highest BCUT2D eigenvalue weighted by Crippen LogP contribution is 2.45. The lowest BCUT2D eigenvalue weighted by Gasteiger charge is -2.27. The van der Waals surface area contributed by atoms with Crippen LogP contribution in [0, 0.1) is 0 Å². The minimum atomic E-state index is 1.10. The molecule has 0 saturated carbocycles. The molecule has 0 fully saturated rings. The van der Waals surface area contributed by atoms with Crippen LogP contribution in [0.1, 0.15) is 0 Å². The molecular formula is C52H36N2. The Morgan fingerprint density at radius 2 is 0.833 bits per heavy atom. The Balaban J connectivity index is 1.21. The lowest BCUT2D eigenvalue weighted by Crippen LogP contribution is -2.10. The number of benzene rings is 9. The van der Waals surface area contributed by atoms with Crippen molar-refractivity contribution in [2.24, 2.45) is 0 Å². The van der Waals surface area contributed by atoms with Crippen LogP contribution < -0.4 is 4.90 Å². The molecule has 0 aliphatic carbocycles. The zero-order valence-electron chi connectivity index (χ0n) is 29.7. The van der Waals surface area contributed by atoms with Gasteiger partial charge in [0, 0.05) is 33.5 Å². The average Bonchev–Trinajstić information content (AvgIpc) is 3.58. The summed E-state index contributed by atoms with van der Waals surface area (Å²) in [4.78, 5) is 2.39. The number of fused-ring (bicyclic) bond motifs is 4. The first-order chi connectivity index (χ1) is 26.8. The predicted octanol–water partition coefficient (Wildman–Crippen LogP) is 14.4. The van der Waals surface area contributed by atoms with E-state index in [1.165, 1.54) is 66.0 Å². The molecule has 0 N–H and O–H groups in total. The van der Waals surface area contributed by atoms with Crippen LogP contribution in [0.5, 0.6) is 0 Å². The van der Waals surface area contributed by atoms with Gasteiger partial charge in [-0.3, -0.25) is 0 Å². The summed E-state index contributed by atoms with van der Waals surface area (Å²) in [6.07, 6.45) is 0. The van der Waals surface area contributed by atoms with Gasteiger partial charge in [-0.2, -0.15) is 0 Å². The molecule has 0 radical (unpaired) electrons. The van der Waals surface area contributed by atoms with Gasteiger partial charge < -0.3 is 9.47 Å². The van der Waals surface area contributed by atoms with Gasteiger partial charge in [0.05, 0.1) is 11.0 Å². The maximum absolute atomic E-state index is 2.42. The van der Waals surface area contributed by atoms with E-state index in [1.54, 1.807) is 0 Å². The number of nitrogens with zero attached hydrogens (tertiary/aromatic N) is 2. The third-order valence-electron chi connectivity index (χ3n) is 10.5. The number of hydrogen-bond acceptors (Lipinski definition) is 1. The van der Waals surface area contributed by atoms with E-state index in [1.807, 2.05) is 0 Å². The Labute approximate surface area is 315 Å². The van der Waals surface area contributed by atoms with Crippen molar-refractivity contribution < 1.29 is 0 Å². The minimum absolute atomic E-state index is 1.10. The maximum atomic E-state index is 2.42. The van der Waals surface area contributed by atoms with Crippen molar-refractivity contribution in [2.75, 3.05) is 4.90 Å². The second-order valence-corrected chi connectivity index (χ2v) is 13.8. The average molecular weight is 689 g/mol. The molecule has 10 rings (SSSR count). The van der Waals surface area contributed by atoms with Crippen LogP contribution in [0.15, 0.2) is 218 Å². The highest BCUT2D eigenvalue weighted by molar-refractivity contribution is 6.23. The molecule has 9 aromatic carbocycles. The van der Waals surface area contributed by atoms with Gasteiger partial charge >= 0.3 is 0 Å². The summed E-state index contributed by atoms with van der Waals surface area (Å²) in [6.45, 7) is 0. The maximum Gasteiger partial charge on any atom is 0.0553 e. The number of anilines is 3. The van der Waals surface area contributed by atoms with E-state index in [4.69, 9.17) is 0 Å². The summed E-state index contributed by atoms with van der Waals surface area (Å²) in [7, 11) is 0. The standard InChI is InChI=1S/C52H36N2/c1-4-16-37(17-5-1)39-30-32-44(33-31-39)53(45-25-14-21-40(34-45)38-18-6-2-7-19-38)46-26-15-22-42(35-46)51-47-27-11-10-20-41(47)36-50-52(51)48-28-12-13-29-49(48)54(50)43-23-8-3-9-24-43/h1-36H. The highest BCUT2D eigenvalue weighted by atomic mass is 15.1. The molecule has 0 unspecified atom stereocenters. The topological polar surface area (TPSA) is 8.17 Å². The van der Waals surface area contributed by atoms with E-state index < -0.39 is 0 Å². The summed E-state index contributed by atoms with van der Waals surface area (Å²) in [5.74, 6) is 0. The van der Waals surface area contributed by atoms with Crippen molar-refractivity contribution >= 4 is 49.6 Å². The lowest BCUT2D eigenvalue weighted by atomic mass is 9.92. The van der Waals surface area contributed by atoms with Gasteiger partial charge in [-0.15, -0.1) is 0 Å². The summed E-state index contributed by atoms with van der Waals surface area (Å²) in [5, 5.41) is 4.96. The summed E-state index contributed by atoms with van der Waals surface area (Å²) >= 11 is 0. The van der Waals surface area contributed by atoms with Crippen LogP contribution in [0.4, 0.5) is 17.1 Å². The number of hydrogen-bond donors (Lipinski definition) is 0. The Morgan fingerprint density at radius 1 is 0.315 bits per heavy atom. The van der Waals surface area contributed by atoms with Gasteiger partial charge in [0.2, 0.25) is 0 Å². The van der Waals surface area contributed by atoms with E-state index >= 15 is 0 Å². The Bertz CT molecular complexity index is 2910. The van der Waals surface area contributed by atoms with Crippen LogP contribution in [-0.4, -0.2) is 4.57 Å². The van der Waals surface area contributed by atoms with Crippen LogP contribution in [0.25, 0.3) is 71.6 Å². The fourth-order valence-electron chi connectivity index (χ4n) is 8.08. The predicted molar refractivity (Wildman–Crippen MR) is 229 cm³/mol. The van der Waals surface area contributed by atoms with Crippen LogP contribution in [0.2, 0.25) is 0 Å². The lowest BCUT2D eigenvalue weighted by molar-refractivity contribution is 1.18. The summed E-state index contributed by atoms with van der Waals surface area (Å²) < 4.78 is 2.42. The fourth-order valence-corrected chi connectivity index (χ4v) is 8.08. The molecule has 54 heavy (non-hydrogen) atoms. The minimum Gasteiger partial charge on any atom is -0.310 e. The van der Waals surface area contributed by atoms with E-state index in [0.29, 0.717) is 0 Å². The first kappa shape index (κ1) is 31.6. The van der Waals surface area contributed by atoms with Gasteiger partial charge in [0.25, 0.3) is 0 Å². The molecule has 2 nitrogen and oxygen atoms in total. The fraction of sp³-hybridized carbons (Fsp3) is 0. The molecule has 0 aliphatic heterocycles. The third kappa shape index (κ3) is 5.53. The van der Waals surface area contributed by atoms with Crippen molar-refractivity contribution in [3.8, 4) is 39.1 Å². The molecule has 0 saturated heterocycles. The molecule has 0 amide bonds. The van der Waals surface area contributed by atoms with Crippen molar-refractivity contribution in [1.29, 1.82) is 0 Å². The van der Waals surface area contributed by atoms with E-state index in [0.717, 1.165) is 22.7 Å². The van der Waals surface area contributed by atoms with E-state index in [-0.39, 0.29) is 0 Å². The number of rotatable bonds is 7. The van der Waals surface area contributed by atoms with Gasteiger partial charge in [0.1, 0.15) is 0 Å². The van der Waals surface area contributed by atoms with Gasteiger partial charge in [0.15, 0.2) is 0 Å². The molecule has 1 heterocycles. The quantitative estimate of drug-likeness (QED) is 0.162. The summed E-state index contributed by atoms with van der Waals surface area (Å²) in [6, 6.07) is 78.9. The smallest absolute Gasteiger partial charge is 0.0553 e. The first-order valence-electron chi connectivity index (χ1n) is 18.5. The van der Waals surface area contributed by atoms with Crippen molar-refractivity contribution in [1.82, 2.24) is 4.57 Å². The molecule has 2 heteroatoms. The van der Waals surface area contributed by atoms with E-state index in [2.05, 4.69) is 228 Å². The first-order valence-corrected chi connectivity index (χ1v) is 18.5. The molecular weight excluding hydrogens is 653 g/mol. The summed E-state index contributed by atoms with van der Waals surface area (Å²) in [5.41, 5.74) is 14.0. The Hall–Kier alpha value is -7.16. The SMILES string of the molecule is c1ccc(-c2ccc(N(c3cccc(-c4ccccc4)c3)c3cccc(-c4c5ccccc5cc5c4c4ccccc4n5-c4ccccc4)c3)cc2)cc1. The monoisotopic (exact) mass is 688 g/mol. The number of aromatic nitrogens is 1. The molecule has 0 atom stereocenters. The van der Waals surface area contributed by atoms with Crippen LogP contribution in [-0.2, 0) is 0 Å². The molecule has 0 aliphatic rings. The van der Waals surface area contributed by atoms with Crippen LogP contribution >= 0.6 is 0 Å². The van der Waals surface area contributed by atoms with E-state index in [9.17, 15) is 0 Å². The molecule has 254 valence electrons. The second kappa shape index (κ2) is 13.4. The molecule has 0 spiro atoms.